The van der Waals surface area contributed by atoms with Gasteiger partial charge in [-0.2, -0.15) is 0 Å². The van der Waals surface area contributed by atoms with Crippen LogP contribution < -0.4 is 10.2 Å². The molecule has 2 aromatic rings. The number of hydrogen-bond donors (Lipinski definition) is 1. The van der Waals surface area contributed by atoms with Crippen molar-refractivity contribution in [2.75, 3.05) is 31.2 Å². The zero-order valence-corrected chi connectivity index (χ0v) is 18.0. The molecule has 0 spiro atoms. The Hall–Kier alpha value is -2.06. The number of aromatic nitrogens is 3. The molecule has 0 bridgehead atoms. The summed E-state index contributed by atoms with van der Waals surface area (Å²) in [4.78, 5) is 15.1. The first-order chi connectivity index (χ1) is 14.2. The Bertz CT molecular complexity index is 849. The molecule has 2 aliphatic rings. The van der Waals surface area contributed by atoms with Crippen molar-refractivity contribution in [2.45, 2.75) is 56.1 Å². The molecule has 4 rings (SSSR count). The van der Waals surface area contributed by atoms with Crippen LogP contribution in [-0.4, -0.2) is 52.2 Å². The zero-order valence-electron chi connectivity index (χ0n) is 17.1. The van der Waals surface area contributed by atoms with Gasteiger partial charge in [0, 0.05) is 19.6 Å². The van der Waals surface area contributed by atoms with Gasteiger partial charge in [-0.15, -0.1) is 10.2 Å². The normalized spacial score (nSPS) is 20.2. The number of carbonyl (C=O) groups is 1. The van der Waals surface area contributed by atoms with Gasteiger partial charge in [-0.05, 0) is 44.2 Å². The van der Waals surface area contributed by atoms with E-state index in [4.69, 9.17) is 4.74 Å². The fourth-order valence-electron chi connectivity index (χ4n) is 4.05. The second-order valence-corrected chi connectivity index (χ2v) is 8.85. The standard InChI is InChI=1S/C21H29N5O2S/c1-3-26-20(25-11-13-28-14-12-25)23-24-21(26)29-15(2)19(27)22-18-10-6-8-16-7-4-5-9-17(16)18/h4-5,7,9,15,18H,3,6,8,10-14H2,1-2H3,(H,22,27)/t15-,18+/m1/s1. The third kappa shape index (κ3) is 4.43. The van der Waals surface area contributed by atoms with E-state index in [0.29, 0.717) is 13.2 Å². The number of nitrogens with one attached hydrogen (secondary N) is 1. The molecule has 1 amide bonds. The molecule has 1 saturated heterocycles. The number of ether oxygens (including phenoxy) is 1. The Labute approximate surface area is 176 Å². The van der Waals surface area contributed by atoms with Crippen LogP contribution in [0, 0.1) is 0 Å². The van der Waals surface area contributed by atoms with Gasteiger partial charge in [0.15, 0.2) is 5.16 Å². The number of morpholine rings is 1. The third-order valence-electron chi connectivity index (χ3n) is 5.64. The number of aryl methyl sites for hydroxylation is 1. The lowest BCUT2D eigenvalue weighted by Crippen LogP contribution is -2.38. The second-order valence-electron chi connectivity index (χ2n) is 7.54. The van der Waals surface area contributed by atoms with Crippen molar-refractivity contribution in [3.63, 3.8) is 0 Å². The predicted molar refractivity (Wildman–Crippen MR) is 114 cm³/mol. The molecule has 7 nitrogen and oxygen atoms in total. The number of amides is 1. The Balaban J connectivity index is 1.42. The third-order valence-corrected chi connectivity index (χ3v) is 6.73. The summed E-state index contributed by atoms with van der Waals surface area (Å²) in [7, 11) is 0. The van der Waals surface area contributed by atoms with Gasteiger partial charge < -0.3 is 15.0 Å². The fraction of sp³-hybridized carbons (Fsp3) is 0.571. The van der Waals surface area contributed by atoms with Crippen LogP contribution in [0.2, 0.25) is 0 Å². The molecule has 29 heavy (non-hydrogen) atoms. The molecular weight excluding hydrogens is 386 g/mol. The minimum Gasteiger partial charge on any atom is -0.378 e. The number of nitrogens with zero attached hydrogens (tertiary/aromatic N) is 4. The van der Waals surface area contributed by atoms with E-state index in [1.165, 1.54) is 22.9 Å². The van der Waals surface area contributed by atoms with Crippen molar-refractivity contribution in [1.29, 1.82) is 0 Å². The summed E-state index contributed by atoms with van der Waals surface area (Å²) in [5.41, 5.74) is 2.61. The molecule has 0 radical (unpaired) electrons. The zero-order chi connectivity index (χ0) is 20.2. The first-order valence-corrected chi connectivity index (χ1v) is 11.4. The minimum atomic E-state index is -0.240. The summed E-state index contributed by atoms with van der Waals surface area (Å²) in [6.07, 6.45) is 3.19. The maximum Gasteiger partial charge on any atom is 0.233 e. The average Bonchev–Trinajstić information content (AvgIpc) is 3.17. The maximum absolute atomic E-state index is 12.9. The summed E-state index contributed by atoms with van der Waals surface area (Å²) in [6, 6.07) is 8.54. The Morgan fingerprint density at radius 1 is 1.31 bits per heavy atom. The van der Waals surface area contributed by atoms with Gasteiger partial charge in [-0.25, -0.2) is 0 Å². The second kappa shape index (κ2) is 9.17. The van der Waals surface area contributed by atoms with Crippen LogP contribution in [-0.2, 0) is 22.5 Å². The van der Waals surface area contributed by atoms with E-state index in [1.807, 2.05) is 6.92 Å². The van der Waals surface area contributed by atoms with Crippen LogP contribution in [0.4, 0.5) is 5.95 Å². The summed E-state index contributed by atoms with van der Waals surface area (Å²) in [5.74, 6) is 0.919. The molecule has 8 heteroatoms. The number of anilines is 1. The van der Waals surface area contributed by atoms with Gasteiger partial charge in [-0.3, -0.25) is 9.36 Å². The molecule has 2 heterocycles. The highest BCUT2D eigenvalue weighted by Crippen LogP contribution is 2.31. The molecule has 1 fully saturated rings. The van der Waals surface area contributed by atoms with E-state index in [2.05, 4.69) is 56.2 Å². The smallest absolute Gasteiger partial charge is 0.233 e. The lowest BCUT2D eigenvalue weighted by molar-refractivity contribution is -0.121. The number of thioether (sulfide) groups is 1. The van der Waals surface area contributed by atoms with Crippen molar-refractivity contribution in [1.82, 2.24) is 20.1 Å². The van der Waals surface area contributed by atoms with Crippen molar-refractivity contribution in [3.8, 4) is 0 Å². The van der Waals surface area contributed by atoms with Crippen molar-refractivity contribution in [2.24, 2.45) is 0 Å². The van der Waals surface area contributed by atoms with E-state index in [9.17, 15) is 4.79 Å². The van der Waals surface area contributed by atoms with Gasteiger partial charge in [0.05, 0.1) is 24.5 Å². The molecule has 1 aromatic heterocycles. The molecule has 1 aliphatic heterocycles. The van der Waals surface area contributed by atoms with E-state index in [-0.39, 0.29) is 17.2 Å². The molecule has 1 aliphatic carbocycles. The number of rotatable bonds is 6. The molecule has 1 N–H and O–H groups in total. The van der Waals surface area contributed by atoms with E-state index >= 15 is 0 Å². The van der Waals surface area contributed by atoms with Crippen LogP contribution in [0.15, 0.2) is 29.4 Å². The molecule has 0 unspecified atom stereocenters. The first kappa shape index (κ1) is 20.2. The molecule has 1 aromatic carbocycles. The summed E-state index contributed by atoms with van der Waals surface area (Å²) < 4.78 is 7.53. The van der Waals surface area contributed by atoms with Crippen LogP contribution >= 0.6 is 11.8 Å². The number of hydrogen-bond acceptors (Lipinski definition) is 6. The lowest BCUT2D eigenvalue weighted by atomic mass is 9.88. The largest absolute Gasteiger partial charge is 0.378 e. The van der Waals surface area contributed by atoms with E-state index in [0.717, 1.165) is 50.0 Å². The van der Waals surface area contributed by atoms with E-state index < -0.39 is 0 Å². The molecule has 156 valence electrons. The number of fused-ring (bicyclic) bond motifs is 1. The highest BCUT2D eigenvalue weighted by atomic mass is 32.2. The Kier molecular flexibility index (Phi) is 6.40. The van der Waals surface area contributed by atoms with Crippen molar-refractivity contribution < 1.29 is 9.53 Å². The summed E-state index contributed by atoms with van der Waals surface area (Å²) in [6.45, 7) is 7.85. The molecule has 2 atom stereocenters. The number of benzene rings is 1. The van der Waals surface area contributed by atoms with Gasteiger partial charge >= 0.3 is 0 Å². The summed E-state index contributed by atoms with van der Waals surface area (Å²) in [5, 5.41) is 12.6. The highest BCUT2D eigenvalue weighted by Gasteiger charge is 2.26. The minimum absolute atomic E-state index is 0.0512. The van der Waals surface area contributed by atoms with Crippen molar-refractivity contribution >= 4 is 23.6 Å². The van der Waals surface area contributed by atoms with E-state index in [1.54, 1.807) is 0 Å². The fourth-order valence-corrected chi connectivity index (χ4v) is 4.96. The number of carbonyl (C=O) groups excluding carboxylic acids is 1. The maximum atomic E-state index is 12.9. The van der Waals surface area contributed by atoms with Gasteiger partial charge in [0.25, 0.3) is 0 Å². The van der Waals surface area contributed by atoms with Crippen LogP contribution in [0.3, 0.4) is 0 Å². The SMILES string of the molecule is CCn1c(S[C@H](C)C(=O)N[C@H]2CCCc3ccccc32)nnc1N1CCOCC1. The topological polar surface area (TPSA) is 72.3 Å². The first-order valence-electron chi connectivity index (χ1n) is 10.5. The quantitative estimate of drug-likeness (QED) is 0.732. The monoisotopic (exact) mass is 415 g/mol. The van der Waals surface area contributed by atoms with Crippen molar-refractivity contribution in [3.05, 3.63) is 35.4 Å². The van der Waals surface area contributed by atoms with Crippen LogP contribution in [0.1, 0.15) is 43.9 Å². The van der Waals surface area contributed by atoms with Gasteiger partial charge in [0.2, 0.25) is 11.9 Å². The van der Waals surface area contributed by atoms with Gasteiger partial charge in [-0.1, -0.05) is 36.0 Å². The molecule has 0 saturated carbocycles. The average molecular weight is 416 g/mol. The van der Waals surface area contributed by atoms with Gasteiger partial charge in [0.1, 0.15) is 0 Å². The lowest BCUT2D eigenvalue weighted by Gasteiger charge is -2.28. The Morgan fingerprint density at radius 2 is 2.10 bits per heavy atom. The van der Waals surface area contributed by atoms with Crippen LogP contribution in [0.25, 0.3) is 0 Å². The molecular formula is C21H29N5O2S. The highest BCUT2D eigenvalue weighted by molar-refractivity contribution is 8.00. The Morgan fingerprint density at radius 3 is 2.90 bits per heavy atom. The summed E-state index contributed by atoms with van der Waals surface area (Å²) >= 11 is 1.48. The van der Waals surface area contributed by atoms with Crippen LogP contribution in [0.5, 0.6) is 0 Å². The predicted octanol–water partition coefficient (Wildman–Crippen LogP) is 2.81.